The fraction of sp³-hybridized carbons (Fsp3) is 0.255. The summed E-state index contributed by atoms with van der Waals surface area (Å²) in [5.41, 5.74) is 13.3. The number of aryl methyl sites for hydroxylation is 1. The van der Waals surface area contributed by atoms with Gasteiger partial charge in [-0.3, -0.25) is 10.6 Å². The van der Waals surface area contributed by atoms with Gasteiger partial charge in [0, 0.05) is 20.1 Å². The first-order valence-corrected chi connectivity index (χ1v) is 21.0. The summed E-state index contributed by atoms with van der Waals surface area (Å²) in [6.07, 6.45) is 31.6. The Hall–Kier alpha value is -5.61. The van der Waals surface area contributed by atoms with Gasteiger partial charge < -0.3 is 4.99 Å². The van der Waals surface area contributed by atoms with E-state index < -0.39 is 0 Å². The van der Waals surface area contributed by atoms with Crippen molar-refractivity contribution in [3.05, 3.63) is 227 Å². The van der Waals surface area contributed by atoms with Gasteiger partial charge in [-0.15, -0.1) is 0 Å². The van der Waals surface area contributed by atoms with E-state index in [0.717, 1.165) is 45.2 Å². The standard InChI is InChI=1S/C43H46N2.C8H10.C2H5N.C2H6/c1-3-38(22-12-11-19-35-20-14-25-39(29-28-35)42-27-13-10-16-34(42)2)41-26-15-21-37(32-41)33-45-43(40-23-8-5-9-24-40)44-31-30-36-17-6-4-7-18-36;1-8-6-4-2-3-5-7-8;1-3-2;1-2/h4-13,15-18,20-29,32,43-45H,3,14,19,30-31,33H2,1-2H3;2-6H,7H2,1H3;1H2,2H3;1-2H3/b12-11-,38-22+;;;. The van der Waals surface area contributed by atoms with E-state index in [0.29, 0.717) is 0 Å². The normalized spacial score (nSPS) is 13.8. The maximum absolute atomic E-state index is 3.77. The molecule has 2 aliphatic carbocycles. The van der Waals surface area contributed by atoms with Crippen LogP contribution in [0.15, 0.2) is 198 Å². The molecule has 3 nitrogen and oxygen atoms in total. The Kier molecular flexibility index (Phi) is 23.2. The molecule has 4 aromatic carbocycles. The van der Waals surface area contributed by atoms with Crippen molar-refractivity contribution in [1.29, 1.82) is 0 Å². The Morgan fingerprint density at radius 1 is 0.793 bits per heavy atom. The molecule has 3 heteroatoms. The van der Waals surface area contributed by atoms with E-state index in [4.69, 9.17) is 0 Å². The van der Waals surface area contributed by atoms with Crippen molar-refractivity contribution < 1.29 is 0 Å². The lowest BCUT2D eigenvalue weighted by Gasteiger charge is -2.21. The van der Waals surface area contributed by atoms with Crippen molar-refractivity contribution in [1.82, 2.24) is 10.6 Å². The molecule has 0 aromatic heterocycles. The summed E-state index contributed by atoms with van der Waals surface area (Å²) in [6, 6.07) is 38.9. The van der Waals surface area contributed by atoms with Crippen LogP contribution >= 0.6 is 0 Å². The zero-order valence-corrected chi connectivity index (χ0v) is 36.0. The Bertz CT molecular complexity index is 2020. The Labute approximate surface area is 351 Å². The number of hydrogen-bond donors (Lipinski definition) is 2. The molecular formula is C55H67N3. The number of aliphatic imine (C=N–C) groups is 1. The van der Waals surface area contributed by atoms with Crippen LogP contribution in [0.25, 0.3) is 11.1 Å². The Balaban J connectivity index is 0.000000598. The monoisotopic (exact) mass is 770 g/mol. The molecule has 58 heavy (non-hydrogen) atoms. The van der Waals surface area contributed by atoms with E-state index in [1.54, 1.807) is 7.05 Å². The molecule has 0 bridgehead atoms. The average molecular weight is 770 g/mol. The van der Waals surface area contributed by atoms with Crippen LogP contribution < -0.4 is 10.6 Å². The summed E-state index contributed by atoms with van der Waals surface area (Å²) < 4.78 is 0. The smallest absolute Gasteiger partial charge is 0.0838 e. The lowest BCUT2D eigenvalue weighted by Crippen LogP contribution is -2.35. The molecule has 6 rings (SSSR count). The van der Waals surface area contributed by atoms with Crippen LogP contribution in [0, 0.1) is 6.92 Å². The largest absolute Gasteiger partial charge is 0.304 e. The summed E-state index contributed by atoms with van der Waals surface area (Å²) in [5, 5.41) is 7.51. The summed E-state index contributed by atoms with van der Waals surface area (Å²) in [7, 11) is 1.64. The predicted molar refractivity (Wildman–Crippen MR) is 257 cm³/mol. The highest BCUT2D eigenvalue weighted by Crippen LogP contribution is 2.25. The number of rotatable bonds is 14. The van der Waals surface area contributed by atoms with Gasteiger partial charge >= 0.3 is 0 Å². The Morgan fingerprint density at radius 3 is 2.24 bits per heavy atom. The van der Waals surface area contributed by atoms with E-state index >= 15 is 0 Å². The van der Waals surface area contributed by atoms with E-state index in [2.05, 4.69) is 225 Å². The number of nitrogens with one attached hydrogen (secondary N) is 2. The highest BCUT2D eigenvalue weighted by molar-refractivity contribution is 5.77. The molecule has 1 atom stereocenters. The van der Waals surface area contributed by atoms with Crippen LogP contribution in [-0.2, 0) is 13.0 Å². The van der Waals surface area contributed by atoms with E-state index in [9.17, 15) is 0 Å². The number of hydrogen-bond acceptors (Lipinski definition) is 3. The highest BCUT2D eigenvalue weighted by atomic mass is 15.1. The third-order valence-corrected chi connectivity index (χ3v) is 9.54. The third kappa shape index (κ3) is 17.7. The Morgan fingerprint density at radius 2 is 1.50 bits per heavy atom. The second-order valence-corrected chi connectivity index (χ2v) is 14.0. The first-order chi connectivity index (χ1) is 28.5. The van der Waals surface area contributed by atoms with Gasteiger partial charge in [-0.25, -0.2) is 0 Å². The maximum atomic E-state index is 3.77. The van der Waals surface area contributed by atoms with Crippen molar-refractivity contribution in [2.75, 3.05) is 13.6 Å². The third-order valence-electron chi connectivity index (χ3n) is 9.54. The molecule has 4 aromatic rings. The topological polar surface area (TPSA) is 36.4 Å². The van der Waals surface area contributed by atoms with Crippen LogP contribution in [0.5, 0.6) is 0 Å². The molecule has 2 N–H and O–H groups in total. The average Bonchev–Trinajstić information content (AvgIpc) is 3.66. The molecule has 0 heterocycles. The van der Waals surface area contributed by atoms with Crippen molar-refractivity contribution in [3.8, 4) is 0 Å². The van der Waals surface area contributed by atoms with Gasteiger partial charge in [0.1, 0.15) is 0 Å². The SMILES string of the molecule is C=NC.CC.CC/C(=C\C=C/CC1=CCC=C(c2ccccc2C)C=C1)c1cccc(CNC(NCCc2ccccc2)c2ccccc2)c1.CC1=CC=CC=CC1. The first kappa shape index (κ1) is 46.8. The molecular weight excluding hydrogens is 703 g/mol. The lowest BCUT2D eigenvalue weighted by atomic mass is 9.99. The van der Waals surface area contributed by atoms with Crippen LogP contribution in [0.1, 0.15) is 92.9 Å². The maximum Gasteiger partial charge on any atom is 0.0838 e. The molecule has 0 aliphatic heterocycles. The lowest BCUT2D eigenvalue weighted by molar-refractivity contribution is 0.440. The van der Waals surface area contributed by atoms with Gasteiger partial charge in [0.2, 0.25) is 0 Å². The van der Waals surface area contributed by atoms with E-state index in [1.165, 1.54) is 55.7 Å². The summed E-state index contributed by atoms with van der Waals surface area (Å²) in [6.45, 7) is 15.4. The highest BCUT2D eigenvalue weighted by Gasteiger charge is 2.11. The molecule has 0 amide bonds. The van der Waals surface area contributed by atoms with Crippen LogP contribution in [0.3, 0.4) is 0 Å². The minimum absolute atomic E-state index is 0.0815. The molecule has 2 aliphatic rings. The van der Waals surface area contributed by atoms with Gasteiger partial charge in [-0.2, -0.15) is 0 Å². The van der Waals surface area contributed by atoms with Crippen molar-refractivity contribution >= 4 is 17.9 Å². The minimum atomic E-state index is 0.0815. The first-order valence-electron chi connectivity index (χ1n) is 21.0. The zero-order chi connectivity index (χ0) is 41.6. The molecule has 0 radical (unpaired) electrons. The van der Waals surface area contributed by atoms with Gasteiger partial charge in [-0.1, -0.05) is 208 Å². The number of benzene rings is 4. The van der Waals surface area contributed by atoms with Gasteiger partial charge in [0.05, 0.1) is 6.17 Å². The number of allylic oxidation sites excluding steroid dienone is 16. The molecule has 0 spiro atoms. The fourth-order valence-corrected chi connectivity index (χ4v) is 6.47. The molecule has 0 fully saturated rings. The van der Waals surface area contributed by atoms with Crippen molar-refractivity contribution in [2.24, 2.45) is 4.99 Å². The van der Waals surface area contributed by atoms with E-state index in [1.807, 2.05) is 13.8 Å². The van der Waals surface area contributed by atoms with Crippen LogP contribution in [0.2, 0.25) is 0 Å². The fourth-order valence-electron chi connectivity index (χ4n) is 6.47. The minimum Gasteiger partial charge on any atom is -0.304 e. The van der Waals surface area contributed by atoms with Gasteiger partial charge in [0.15, 0.2) is 0 Å². The quantitative estimate of drug-likeness (QED) is 0.0761. The molecule has 0 saturated heterocycles. The second-order valence-electron chi connectivity index (χ2n) is 14.0. The predicted octanol–water partition coefficient (Wildman–Crippen LogP) is 14.1. The van der Waals surface area contributed by atoms with Crippen LogP contribution in [-0.4, -0.2) is 20.3 Å². The van der Waals surface area contributed by atoms with Gasteiger partial charge in [0.25, 0.3) is 0 Å². The van der Waals surface area contributed by atoms with Crippen molar-refractivity contribution in [3.63, 3.8) is 0 Å². The summed E-state index contributed by atoms with van der Waals surface area (Å²) in [5.74, 6) is 0. The van der Waals surface area contributed by atoms with Gasteiger partial charge in [-0.05, 0) is 103 Å². The molecule has 0 saturated carbocycles. The van der Waals surface area contributed by atoms with Crippen LogP contribution in [0.4, 0.5) is 0 Å². The zero-order valence-electron chi connectivity index (χ0n) is 36.0. The second kappa shape index (κ2) is 28.7. The summed E-state index contributed by atoms with van der Waals surface area (Å²) >= 11 is 0. The van der Waals surface area contributed by atoms with Crippen molar-refractivity contribution in [2.45, 2.75) is 79.4 Å². The summed E-state index contributed by atoms with van der Waals surface area (Å²) in [4.78, 5) is 3.25. The number of nitrogens with zero attached hydrogens (tertiary/aromatic N) is 1. The molecule has 1 unspecified atom stereocenters. The molecule has 302 valence electrons. The van der Waals surface area contributed by atoms with E-state index in [-0.39, 0.29) is 6.17 Å².